The van der Waals surface area contributed by atoms with E-state index in [0.29, 0.717) is 10.9 Å². The van der Waals surface area contributed by atoms with Gasteiger partial charge in [-0.05, 0) is 56.0 Å². The highest BCUT2D eigenvalue weighted by Gasteiger charge is 2.17. The van der Waals surface area contributed by atoms with E-state index in [1.807, 2.05) is 6.07 Å². The fourth-order valence-corrected chi connectivity index (χ4v) is 2.32. The van der Waals surface area contributed by atoms with Crippen molar-refractivity contribution in [2.45, 2.75) is 25.2 Å². The third-order valence-corrected chi connectivity index (χ3v) is 3.21. The van der Waals surface area contributed by atoms with Crippen LogP contribution in [-0.2, 0) is 0 Å². The maximum absolute atomic E-state index is 13.7. The molecular weight excluding hydrogens is 213 g/mol. The van der Waals surface area contributed by atoms with Gasteiger partial charge in [0, 0.05) is 5.02 Å². The molecule has 1 fully saturated rings. The zero-order valence-corrected chi connectivity index (χ0v) is 9.36. The van der Waals surface area contributed by atoms with Gasteiger partial charge >= 0.3 is 0 Å². The molecule has 1 nitrogen and oxygen atoms in total. The summed E-state index contributed by atoms with van der Waals surface area (Å²) in [4.78, 5) is 0. The molecule has 2 rings (SSSR count). The molecule has 3 heteroatoms. The Kier molecular flexibility index (Phi) is 3.60. The zero-order valence-electron chi connectivity index (χ0n) is 8.60. The lowest BCUT2D eigenvalue weighted by Gasteiger charge is -2.14. The maximum Gasteiger partial charge on any atom is 0.128 e. The van der Waals surface area contributed by atoms with E-state index in [1.54, 1.807) is 6.07 Å². The molecule has 0 aromatic heterocycles. The van der Waals surface area contributed by atoms with Crippen molar-refractivity contribution in [1.82, 2.24) is 5.32 Å². The van der Waals surface area contributed by atoms with Crippen molar-refractivity contribution in [2.24, 2.45) is 0 Å². The third-order valence-electron chi connectivity index (χ3n) is 2.98. The predicted molar refractivity (Wildman–Crippen MR) is 60.9 cm³/mol. The van der Waals surface area contributed by atoms with Crippen molar-refractivity contribution < 1.29 is 4.39 Å². The van der Waals surface area contributed by atoms with Crippen molar-refractivity contribution in [2.75, 3.05) is 13.1 Å². The van der Waals surface area contributed by atoms with Crippen LogP contribution >= 0.6 is 11.6 Å². The smallest absolute Gasteiger partial charge is 0.128 e. The molecule has 1 atom stereocenters. The Morgan fingerprint density at radius 3 is 2.93 bits per heavy atom. The van der Waals surface area contributed by atoms with E-state index in [4.69, 9.17) is 11.6 Å². The standard InChI is InChI=1S/C12H15ClFN/c13-10-3-4-11(12(14)8-10)9-2-1-6-15-7-5-9/h3-4,8-9,15H,1-2,5-7H2. The Morgan fingerprint density at radius 1 is 1.27 bits per heavy atom. The second-order valence-electron chi connectivity index (χ2n) is 4.04. The first-order valence-corrected chi connectivity index (χ1v) is 5.81. The fourth-order valence-electron chi connectivity index (χ4n) is 2.16. The molecule has 0 spiro atoms. The molecule has 1 aromatic carbocycles. The Bertz CT molecular complexity index is 332. The van der Waals surface area contributed by atoms with Gasteiger partial charge in [-0.3, -0.25) is 0 Å². The lowest BCUT2D eigenvalue weighted by atomic mass is 9.92. The van der Waals surface area contributed by atoms with E-state index in [2.05, 4.69) is 5.32 Å². The van der Waals surface area contributed by atoms with Crippen LogP contribution in [-0.4, -0.2) is 13.1 Å². The second kappa shape index (κ2) is 4.95. The average molecular weight is 228 g/mol. The number of benzene rings is 1. The lowest BCUT2D eigenvalue weighted by Crippen LogP contribution is -2.14. The summed E-state index contributed by atoms with van der Waals surface area (Å²) in [6.07, 6.45) is 3.19. The highest BCUT2D eigenvalue weighted by atomic mass is 35.5. The summed E-state index contributed by atoms with van der Waals surface area (Å²) in [6.45, 7) is 2.03. The molecule has 0 saturated carbocycles. The molecule has 1 unspecified atom stereocenters. The first-order chi connectivity index (χ1) is 7.27. The van der Waals surface area contributed by atoms with Crippen LogP contribution in [0.3, 0.4) is 0 Å². The number of halogens is 2. The number of hydrogen-bond donors (Lipinski definition) is 1. The summed E-state index contributed by atoms with van der Waals surface area (Å²) in [5.74, 6) is 0.187. The van der Waals surface area contributed by atoms with Crippen LogP contribution in [0.1, 0.15) is 30.7 Å². The van der Waals surface area contributed by atoms with Gasteiger partial charge in [0.15, 0.2) is 0 Å². The molecule has 15 heavy (non-hydrogen) atoms. The van der Waals surface area contributed by atoms with Gasteiger partial charge in [0.25, 0.3) is 0 Å². The lowest BCUT2D eigenvalue weighted by molar-refractivity contribution is 0.545. The van der Waals surface area contributed by atoms with E-state index in [0.717, 1.165) is 37.9 Å². The molecule has 0 amide bonds. The fraction of sp³-hybridized carbons (Fsp3) is 0.500. The van der Waals surface area contributed by atoms with Gasteiger partial charge in [0.05, 0.1) is 0 Å². The number of hydrogen-bond acceptors (Lipinski definition) is 1. The first kappa shape index (κ1) is 10.9. The van der Waals surface area contributed by atoms with Gasteiger partial charge in [-0.25, -0.2) is 4.39 Å². The first-order valence-electron chi connectivity index (χ1n) is 5.43. The van der Waals surface area contributed by atoms with E-state index < -0.39 is 0 Å². The number of rotatable bonds is 1. The molecule has 1 aliphatic heterocycles. The zero-order chi connectivity index (χ0) is 10.7. The monoisotopic (exact) mass is 227 g/mol. The molecule has 1 aliphatic rings. The SMILES string of the molecule is Fc1cc(Cl)ccc1C1CCCNCC1. The molecule has 1 heterocycles. The van der Waals surface area contributed by atoms with Gasteiger partial charge < -0.3 is 5.32 Å². The van der Waals surface area contributed by atoms with Crippen LogP contribution in [0.2, 0.25) is 5.02 Å². The topological polar surface area (TPSA) is 12.0 Å². The van der Waals surface area contributed by atoms with Crippen LogP contribution in [0.25, 0.3) is 0 Å². The van der Waals surface area contributed by atoms with Crippen LogP contribution in [0, 0.1) is 5.82 Å². The summed E-state index contributed by atoms with van der Waals surface area (Å²) >= 11 is 5.74. The Balaban J connectivity index is 2.19. The highest BCUT2D eigenvalue weighted by molar-refractivity contribution is 6.30. The van der Waals surface area contributed by atoms with Crippen molar-refractivity contribution >= 4 is 11.6 Å². The Hall–Kier alpha value is -0.600. The summed E-state index contributed by atoms with van der Waals surface area (Å²) in [7, 11) is 0. The van der Waals surface area contributed by atoms with Gasteiger partial charge in [-0.15, -0.1) is 0 Å². The van der Waals surface area contributed by atoms with Crippen molar-refractivity contribution in [3.05, 3.63) is 34.6 Å². The summed E-state index contributed by atoms with van der Waals surface area (Å²) in [5, 5.41) is 3.80. The van der Waals surface area contributed by atoms with E-state index in [9.17, 15) is 4.39 Å². The Labute approximate surface area is 94.6 Å². The maximum atomic E-state index is 13.7. The second-order valence-corrected chi connectivity index (χ2v) is 4.48. The molecule has 1 N–H and O–H groups in total. The van der Waals surface area contributed by atoms with Crippen LogP contribution < -0.4 is 5.32 Å². The number of nitrogens with one attached hydrogen (secondary N) is 1. The largest absolute Gasteiger partial charge is 0.317 e. The molecule has 82 valence electrons. The van der Waals surface area contributed by atoms with Crippen LogP contribution in [0.15, 0.2) is 18.2 Å². The van der Waals surface area contributed by atoms with E-state index in [-0.39, 0.29) is 5.82 Å². The minimum absolute atomic E-state index is 0.158. The van der Waals surface area contributed by atoms with Crippen LogP contribution in [0.5, 0.6) is 0 Å². The minimum atomic E-state index is -0.158. The van der Waals surface area contributed by atoms with Gasteiger partial charge in [-0.1, -0.05) is 17.7 Å². The Morgan fingerprint density at radius 2 is 2.13 bits per heavy atom. The molecular formula is C12H15ClFN. The molecule has 0 aliphatic carbocycles. The minimum Gasteiger partial charge on any atom is -0.317 e. The average Bonchev–Trinajstić information content (AvgIpc) is 2.46. The normalized spacial score (nSPS) is 22.4. The van der Waals surface area contributed by atoms with Gasteiger partial charge in [-0.2, -0.15) is 0 Å². The molecule has 0 bridgehead atoms. The summed E-state index contributed by atoms with van der Waals surface area (Å²) in [6, 6.07) is 5.02. The van der Waals surface area contributed by atoms with Gasteiger partial charge in [0.1, 0.15) is 5.82 Å². The summed E-state index contributed by atoms with van der Waals surface area (Å²) < 4.78 is 13.7. The molecule has 1 saturated heterocycles. The molecule has 1 aromatic rings. The van der Waals surface area contributed by atoms with Gasteiger partial charge in [0.2, 0.25) is 0 Å². The van der Waals surface area contributed by atoms with Crippen molar-refractivity contribution in [1.29, 1.82) is 0 Å². The van der Waals surface area contributed by atoms with Crippen LogP contribution in [0.4, 0.5) is 4.39 Å². The third kappa shape index (κ3) is 2.70. The quantitative estimate of drug-likeness (QED) is 0.776. The van der Waals surface area contributed by atoms with E-state index in [1.165, 1.54) is 6.07 Å². The summed E-state index contributed by atoms with van der Waals surface area (Å²) in [5.41, 5.74) is 0.822. The highest BCUT2D eigenvalue weighted by Crippen LogP contribution is 2.29. The van der Waals surface area contributed by atoms with Crippen molar-refractivity contribution in [3.63, 3.8) is 0 Å². The predicted octanol–water partition coefficient (Wildman–Crippen LogP) is 3.34. The molecule has 0 radical (unpaired) electrons. The van der Waals surface area contributed by atoms with E-state index >= 15 is 0 Å². The van der Waals surface area contributed by atoms with Crippen molar-refractivity contribution in [3.8, 4) is 0 Å².